The van der Waals surface area contributed by atoms with E-state index in [1.165, 1.54) is 5.57 Å². The van der Waals surface area contributed by atoms with Gasteiger partial charge in [-0.05, 0) is 96.1 Å². The second-order valence-electron chi connectivity index (χ2n) is 12.3. The van der Waals surface area contributed by atoms with Crippen LogP contribution < -0.4 is 0 Å². The van der Waals surface area contributed by atoms with E-state index in [1.807, 2.05) is 86.3 Å². The maximum atomic E-state index is 13.5. The maximum Gasteiger partial charge on any atom is 0.410 e. The molecule has 4 rings (SSSR count). The highest BCUT2D eigenvalue weighted by molar-refractivity contribution is 7.82. The number of allylic oxidation sites excluding steroid dienone is 7. The molecule has 45 heavy (non-hydrogen) atoms. The molecule has 1 aromatic carbocycles. The summed E-state index contributed by atoms with van der Waals surface area (Å²) in [6.07, 6.45) is 19.9. The van der Waals surface area contributed by atoms with Crippen molar-refractivity contribution >= 4 is 23.0 Å². The second-order valence-corrected chi connectivity index (χ2v) is 13.7. The monoisotopic (exact) mass is 637 g/mol. The largest absolute Gasteiger partial charge is 0.505 e. The number of rotatable bonds is 8. The summed E-state index contributed by atoms with van der Waals surface area (Å²) in [5.41, 5.74) is 3.29. The Morgan fingerprint density at radius 1 is 1.04 bits per heavy atom. The summed E-state index contributed by atoms with van der Waals surface area (Å²) in [6.45, 7) is 11.7. The molecule has 1 aromatic rings. The molecule has 246 valence electrons. The molecular formula is C36H51N3O5S. The standard InChI is InChI=1S/C32H43N3O4S.C4H8O/c1-5-6-22-40(38)35(28-14-11-20-33(24-28)31(37)39-32(2,3)4)23-25-16-18-27(19-17-25)30(36)34-21-10-13-26-12-8-7-9-15-29(26)34;1-3-4-5-2/h5-6,8-9,12,15-19,28H,7,10-11,13-14,20-24H2,1-4H3;3-4H,1-2H3/b6-5-;4-3+. The topological polar surface area (TPSA) is 79.4 Å². The number of hydrogen-bond acceptors (Lipinski definition) is 5. The van der Waals surface area contributed by atoms with E-state index >= 15 is 0 Å². The summed E-state index contributed by atoms with van der Waals surface area (Å²) in [6, 6.07) is 7.63. The molecule has 0 spiro atoms. The second kappa shape index (κ2) is 17.9. The zero-order valence-electron chi connectivity index (χ0n) is 27.9. The Bertz CT molecular complexity index is 1310. The molecule has 2 heterocycles. The maximum absolute atomic E-state index is 13.5. The first kappa shape index (κ1) is 36.0. The number of benzene rings is 1. The van der Waals surface area contributed by atoms with E-state index in [0.717, 1.165) is 43.4 Å². The van der Waals surface area contributed by atoms with E-state index < -0.39 is 16.6 Å². The summed E-state index contributed by atoms with van der Waals surface area (Å²) in [4.78, 5) is 29.9. The van der Waals surface area contributed by atoms with Crippen LogP contribution in [0.15, 0.2) is 84.3 Å². The third-order valence-electron chi connectivity index (χ3n) is 7.56. The number of likely N-dealkylation sites (tertiary alicyclic amines) is 1. The summed E-state index contributed by atoms with van der Waals surface area (Å²) in [7, 11) is 0.370. The predicted molar refractivity (Wildman–Crippen MR) is 183 cm³/mol. The average Bonchev–Trinajstić information content (AvgIpc) is 3.28. The van der Waals surface area contributed by atoms with Crippen molar-refractivity contribution in [3.8, 4) is 0 Å². The first-order chi connectivity index (χ1) is 21.6. The van der Waals surface area contributed by atoms with Gasteiger partial charge in [0.25, 0.3) is 5.91 Å². The molecule has 2 unspecified atom stereocenters. The lowest BCUT2D eigenvalue weighted by Crippen LogP contribution is -2.51. The molecule has 0 saturated carbocycles. The fourth-order valence-electron chi connectivity index (χ4n) is 5.44. The summed E-state index contributed by atoms with van der Waals surface area (Å²) in [5, 5.41) is 0. The molecule has 1 fully saturated rings. The Kier molecular flexibility index (Phi) is 14.3. The van der Waals surface area contributed by atoms with Gasteiger partial charge in [0.05, 0.1) is 30.1 Å². The van der Waals surface area contributed by atoms with E-state index in [0.29, 0.717) is 37.5 Å². The zero-order valence-corrected chi connectivity index (χ0v) is 28.7. The molecule has 2 atom stereocenters. The van der Waals surface area contributed by atoms with E-state index in [1.54, 1.807) is 18.3 Å². The van der Waals surface area contributed by atoms with E-state index in [4.69, 9.17) is 4.74 Å². The third-order valence-corrected chi connectivity index (χ3v) is 8.99. The molecule has 0 N–H and O–H groups in total. The molecule has 2 aliphatic heterocycles. The molecule has 3 aliphatic rings. The molecule has 8 nitrogen and oxygen atoms in total. The van der Waals surface area contributed by atoms with Gasteiger partial charge < -0.3 is 19.3 Å². The molecule has 2 amide bonds. The van der Waals surface area contributed by atoms with Crippen LogP contribution in [0, 0.1) is 0 Å². The number of methoxy groups -OCH3 is 1. The molecular weight excluding hydrogens is 586 g/mol. The molecule has 0 aromatic heterocycles. The van der Waals surface area contributed by atoms with Crippen LogP contribution in [0.4, 0.5) is 4.79 Å². The summed E-state index contributed by atoms with van der Waals surface area (Å²) < 4.78 is 25.5. The van der Waals surface area contributed by atoms with Crippen molar-refractivity contribution in [1.82, 2.24) is 14.1 Å². The quantitative estimate of drug-likeness (QED) is 0.221. The van der Waals surface area contributed by atoms with Crippen LogP contribution in [0.2, 0.25) is 0 Å². The minimum Gasteiger partial charge on any atom is -0.505 e. The van der Waals surface area contributed by atoms with E-state index in [2.05, 4.69) is 29.0 Å². The Labute approximate surface area is 272 Å². The van der Waals surface area contributed by atoms with Crippen molar-refractivity contribution in [2.24, 2.45) is 0 Å². The van der Waals surface area contributed by atoms with Crippen LogP contribution in [-0.2, 0) is 27.0 Å². The van der Waals surface area contributed by atoms with Crippen molar-refractivity contribution in [2.45, 2.75) is 84.9 Å². The highest BCUT2D eigenvalue weighted by Crippen LogP contribution is 2.28. The van der Waals surface area contributed by atoms with Gasteiger partial charge in [-0.3, -0.25) is 4.79 Å². The first-order valence-corrected chi connectivity index (χ1v) is 17.2. The van der Waals surface area contributed by atoms with Crippen LogP contribution in [0.3, 0.4) is 0 Å². The van der Waals surface area contributed by atoms with Gasteiger partial charge in [-0.1, -0.05) is 48.6 Å². The molecule has 0 bridgehead atoms. The summed E-state index contributed by atoms with van der Waals surface area (Å²) >= 11 is 0. The highest BCUT2D eigenvalue weighted by atomic mass is 32.2. The number of hydrogen-bond donors (Lipinski definition) is 0. The van der Waals surface area contributed by atoms with Gasteiger partial charge in [0, 0.05) is 43.5 Å². The van der Waals surface area contributed by atoms with Gasteiger partial charge in [0.15, 0.2) is 0 Å². The fourth-order valence-corrected chi connectivity index (χ4v) is 6.79. The average molecular weight is 638 g/mol. The fraction of sp³-hybridized carbons (Fsp3) is 0.500. The van der Waals surface area contributed by atoms with Gasteiger partial charge in [0.1, 0.15) is 5.60 Å². The Morgan fingerprint density at radius 2 is 1.78 bits per heavy atom. The van der Waals surface area contributed by atoms with Crippen molar-refractivity contribution < 1.29 is 23.3 Å². The van der Waals surface area contributed by atoms with Gasteiger partial charge in [0.2, 0.25) is 0 Å². The lowest BCUT2D eigenvalue weighted by atomic mass is 10.0. The predicted octanol–water partition coefficient (Wildman–Crippen LogP) is 7.30. The van der Waals surface area contributed by atoms with Gasteiger partial charge in [-0.25, -0.2) is 13.3 Å². The number of nitrogens with zero attached hydrogens (tertiary/aromatic N) is 3. The molecule has 0 radical (unpaired) electrons. The zero-order chi connectivity index (χ0) is 32.8. The van der Waals surface area contributed by atoms with Crippen LogP contribution in [0.25, 0.3) is 0 Å². The van der Waals surface area contributed by atoms with Crippen molar-refractivity contribution in [3.63, 3.8) is 0 Å². The van der Waals surface area contributed by atoms with Crippen LogP contribution >= 0.6 is 0 Å². The SMILES string of the molecule is C/C=C/OC.C/C=C\CS(=O)N(Cc1ccc(C(=O)N2CCCC3=C2C=CCC=C3)cc1)C1CCCN(C(=O)OC(C)(C)C)C1. The molecule has 1 aliphatic carbocycles. The lowest BCUT2D eigenvalue weighted by molar-refractivity contribution is 0.0155. The minimum absolute atomic E-state index is 0.00694. The Hall–Kier alpha value is -3.43. The lowest BCUT2D eigenvalue weighted by Gasteiger charge is -2.39. The minimum atomic E-state index is -1.25. The number of amides is 2. The smallest absolute Gasteiger partial charge is 0.410 e. The van der Waals surface area contributed by atoms with Gasteiger partial charge in [-0.2, -0.15) is 0 Å². The van der Waals surface area contributed by atoms with Crippen molar-refractivity contribution in [2.75, 3.05) is 32.5 Å². The highest BCUT2D eigenvalue weighted by Gasteiger charge is 2.33. The molecule has 1 saturated heterocycles. The third kappa shape index (κ3) is 11.2. The van der Waals surface area contributed by atoms with Crippen molar-refractivity contribution in [1.29, 1.82) is 0 Å². The number of carbonyl (C=O) groups excluding carboxylic acids is 2. The Balaban J connectivity index is 0.00000102. The summed E-state index contributed by atoms with van der Waals surface area (Å²) in [5.74, 6) is 0.428. The van der Waals surface area contributed by atoms with E-state index in [9.17, 15) is 13.8 Å². The van der Waals surface area contributed by atoms with E-state index in [-0.39, 0.29) is 18.0 Å². The number of carbonyl (C=O) groups is 2. The first-order valence-electron chi connectivity index (χ1n) is 15.9. The van der Waals surface area contributed by atoms with Gasteiger partial charge in [-0.15, -0.1) is 0 Å². The normalized spacial score (nSPS) is 19.3. The van der Waals surface area contributed by atoms with Crippen LogP contribution in [0.1, 0.15) is 82.6 Å². The number of ether oxygens (including phenoxy) is 2. The molecule has 9 heteroatoms. The van der Waals surface area contributed by atoms with Gasteiger partial charge >= 0.3 is 6.09 Å². The Morgan fingerprint density at radius 3 is 2.42 bits per heavy atom. The van der Waals surface area contributed by atoms with Crippen LogP contribution in [-0.4, -0.2) is 74.5 Å². The number of piperidine rings is 1. The van der Waals surface area contributed by atoms with Crippen molar-refractivity contribution in [3.05, 3.63) is 95.5 Å². The van der Waals surface area contributed by atoms with Crippen LogP contribution in [0.5, 0.6) is 0 Å².